The zero-order chi connectivity index (χ0) is 16.0. The second kappa shape index (κ2) is 4.84. The van der Waals surface area contributed by atoms with E-state index in [0.29, 0.717) is 23.1 Å². The van der Waals surface area contributed by atoms with Gasteiger partial charge in [-0.1, -0.05) is 18.2 Å². The second-order valence-electron chi connectivity index (χ2n) is 5.23. The number of hydrogen-bond acceptors (Lipinski definition) is 4. The van der Waals surface area contributed by atoms with Crippen LogP contribution in [0.3, 0.4) is 0 Å². The lowest BCUT2D eigenvalue weighted by molar-refractivity contribution is -0.115. The first kappa shape index (κ1) is 13.3. The number of carbonyl (C=O) groups excluding carboxylic acids is 1. The Bertz CT molecular complexity index is 1030. The number of nitrogens with one attached hydrogen (secondary N) is 1. The van der Waals surface area contributed by atoms with Crippen molar-refractivity contribution >= 4 is 40.0 Å². The molecular weight excluding hydrogens is 292 g/mol. The second-order valence-corrected chi connectivity index (χ2v) is 5.23. The van der Waals surface area contributed by atoms with E-state index in [1.54, 1.807) is 28.8 Å². The number of rotatable bonds is 2. The van der Waals surface area contributed by atoms with Gasteiger partial charge < -0.3 is 5.73 Å². The SMILES string of the molecule is CC(=O)N(c1cccc(N)c1)c1nc2nc3ccccc3n2[nH]1. The summed E-state index contributed by atoms with van der Waals surface area (Å²) in [4.78, 5) is 22.5. The fourth-order valence-electron chi connectivity index (χ4n) is 2.64. The van der Waals surface area contributed by atoms with E-state index in [1.165, 1.54) is 11.8 Å². The van der Waals surface area contributed by atoms with Gasteiger partial charge in [0.2, 0.25) is 11.9 Å². The maximum Gasteiger partial charge on any atom is 0.253 e. The fourth-order valence-corrected chi connectivity index (χ4v) is 2.64. The zero-order valence-electron chi connectivity index (χ0n) is 12.4. The molecule has 23 heavy (non-hydrogen) atoms. The first-order chi connectivity index (χ1) is 11.1. The molecule has 4 aromatic rings. The summed E-state index contributed by atoms with van der Waals surface area (Å²) >= 11 is 0. The van der Waals surface area contributed by atoms with E-state index in [1.807, 2.05) is 24.3 Å². The van der Waals surface area contributed by atoms with E-state index in [0.717, 1.165) is 11.0 Å². The number of para-hydroxylation sites is 2. The van der Waals surface area contributed by atoms with E-state index in [4.69, 9.17) is 5.73 Å². The molecular formula is C16H14N6O. The third kappa shape index (κ3) is 2.10. The van der Waals surface area contributed by atoms with Gasteiger partial charge in [0, 0.05) is 12.6 Å². The first-order valence-electron chi connectivity index (χ1n) is 7.13. The summed E-state index contributed by atoms with van der Waals surface area (Å²) < 4.78 is 1.76. The van der Waals surface area contributed by atoms with Crippen LogP contribution in [0, 0.1) is 0 Å². The normalized spacial score (nSPS) is 11.2. The molecule has 3 N–H and O–H groups in total. The molecule has 0 fully saturated rings. The van der Waals surface area contributed by atoms with Crippen LogP contribution in [0.5, 0.6) is 0 Å². The molecule has 2 aromatic carbocycles. The number of H-pyrrole nitrogens is 1. The molecule has 0 saturated heterocycles. The number of fused-ring (bicyclic) bond motifs is 3. The molecule has 7 heteroatoms. The van der Waals surface area contributed by atoms with Crippen molar-refractivity contribution in [1.29, 1.82) is 0 Å². The van der Waals surface area contributed by atoms with E-state index < -0.39 is 0 Å². The van der Waals surface area contributed by atoms with Crippen LogP contribution in [0.25, 0.3) is 16.8 Å². The zero-order valence-corrected chi connectivity index (χ0v) is 12.4. The lowest BCUT2D eigenvalue weighted by Gasteiger charge is -2.17. The molecule has 0 radical (unpaired) electrons. The van der Waals surface area contributed by atoms with Crippen LogP contribution >= 0.6 is 0 Å². The number of aromatic nitrogens is 4. The predicted molar refractivity (Wildman–Crippen MR) is 88.5 cm³/mol. The van der Waals surface area contributed by atoms with Gasteiger partial charge >= 0.3 is 0 Å². The monoisotopic (exact) mass is 306 g/mol. The van der Waals surface area contributed by atoms with Crippen LogP contribution in [0.2, 0.25) is 0 Å². The highest BCUT2D eigenvalue weighted by Crippen LogP contribution is 2.26. The number of hydrogen-bond donors (Lipinski definition) is 2. The van der Waals surface area contributed by atoms with E-state index >= 15 is 0 Å². The van der Waals surface area contributed by atoms with Crippen molar-refractivity contribution in [3.05, 3.63) is 48.5 Å². The Kier molecular flexibility index (Phi) is 2.80. The molecule has 0 bridgehead atoms. The Morgan fingerprint density at radius 1 is 1.17 bits per heavy atom. The summed E-state index contributed by atoms with van der Waals surface area (Å²) in [7, 11) is 0. The highest BCUT2D eigenvalue weighted by Gasteiger charge is 2.20. The maximum absolute atomic E-state index is 12.1. The minimum atomic E-state index is -0.170. The molecule has 0 spiro atoms. The summed E-state index contributed by atoms with van der Waals surface area (Å²) in [5.74, 6) is 0.740. The Morgan fingerprint density at radius 3 is 2.78 bits per heavy atom. The molecule has 0 atom stereocenters. The van der Waals surface area contributed by atoms with Crippen molar-refractivity contribution in [3.63, 3.8) is 0 Å². The van der Waals surface area contributed by atoms with Crippen molar-refractivity contribution in [1.82, 2.24) is 19.6 Å². The predicted octanol–water partition coefficient (Wildman–Crippen LogP) is 2.48. The summed E-state index contributed by atoms with van der Waals surface area (Å²) in [6.07, 6.45) is 0. The number of benzene rings is 2. The molecule has 1 amide bonds. The van der Waals surface area contributed by atoms with Crippen LogP contribution in [-0.4, -0.2) is 25.5 Å². The Hall–Kier alpha value is -3.35. The van der Waals surface area contributed by atoms with Gasteiger partial charge in [0.05, 0.1) is 16.7 Å². The van der Waals surface area contributed by atoms with Crippen LogP contribution in [0.15, 0.2) is 48.5 Å². The Labute approximate surface area is 131 Å². The van der Waals surface area contributed by atoms with Crippen molar-refractivity contribution in [2.75, 3.05) is 10.6 Å². The van der Waals surface area contributed by atoms with E-state index in [-0.39, 0.29) is 5.91 Å². The number of nitrogen functional groups attached to an aromatic ring is 1. The largest absolute Gasteiger partial charge is 0.399 e. The molecule has 2 aromatic heterocycles. The Morgan fingerprint density at radius 2 is 2.00 bits per heavy atom. The van der Waals surface area contributed by atoms with E-state index in [9.17, 15) is 4.79 Å². The standard InChI is InChI=1S/C16H14N6O/c1-10(23)21(12-6-4-5-11(17)9-12)16-19-15-18-13-7-2-3-8-14(13)22(15)20-16/h2-9H,17H2,1H3,(H,18,19,20). The van der Waals surface area contributed by atoms with Gasteiger partial charge in [-0.2, -0.15) is 4.98 Å². The third-order valence-electron chi connectivity index (χ3n) is 3.62. The number of nitrogens with two attached hydrogens (primary N) is 1. The van der Waals surface area contributed by atoms with Crippen molar-refractivity contribution in [3.8, 4) is 0 Å². The molecule has 0 aliphatic carbocycles. The number of amides is 1. The number of aromatic amines is 1. The minimum absolute atomic E-state index is 0.170. The van der Waals surface area contributed by atoms with Gasteiger partial charge in [-0.15, -0.1) is 0 Å². The highest BCUT2D eigenvalue weighted by atomic mass is 16.2. The summed E-state index contributed by atoms with van der Waals surface area (Å²) in [6.45, 7) is 1.48. The number of anilines is 3. The van der Waals surface area contributed by atoms with Crippen LogP contribution in [-0.2, 0) is 4.79 Å². The molecule has 0 unspecified atom stereocenters. The topological polar surface area (TPSA) is 92.3 Å². The summed E-state index contributed by atoms with van der Waals surface area (Å²) in [5, 5.41) is 3.13. The van der Waals surface area contributed by atoms with Gasteiger partial charge in [0.25, 0.3) is 5.78 Å². The molecule has 4 rings (SSSR count). The molecule has 114 valence electrons. The van der Waals surface area contributed by atoms with Crippen molar-refractivity contribution < 1.29 is 4.79 Å². The fraction of sp³-hybridized carbons (Fsp3) is 0.0625. The lowest BCUT2D eigenvalue weighted by Crippen LogP contribution is -2.24. The number of imidazole rings is 1. The Balaban J connectivity index is 1.89. The maximum atomic E-state index is 12.1. The quantitative estimate of drug-likeness (QED) is 0.556. The van der Waals surface area contributed by atoms with Crippen LogP contribution < -0.4 is 10.6 Å². The van der Waals surface area contributed by atoms with E-state index in [2.05, 4.69) is 15.1 Å². The van der Waals surface area contributed by atoms with Crippen molar-refractivity contribution in [2.45, 2.75) is 6.92 Å². The third-order valence-corrected chi connectivity index (χ3v) is 3.62. The first-order valence-corrected chi connectivity index (χ1v) is 7.13. The van der Waals surface area contributed by atoms with Crippen LogP contribution in [0.4, 0.5) is 17.3 Å². The van der Waals surface area contributed by atoms with Gasteiger partial charge in [-0.3, -0.25) is 9.89 Å². The molecule has 2 heterocycles. The molecule has 0 aliphatic rings. The highest BCUT2D eigenvalue weighted by molar-refractivity contribution is 5.98. The van der Waals surface area contributed by atoms with Gasteiger partial charge in [0.15, 0.2) is 0 Å². The molecule has 7 nitrogen and oxygen atoms in total. The smallest absolute Gasteiger partial charge is 0.253 e. The van der Waals surface area contributed by atoms with Gasteiger partial charge in [-0.05, 0) is 30.3 Å². The number of nitrogens with zero attached hydrogens (tertiary/aromatic N) is 4. The van der Waals surface area contributed by atoms with Crippen LogP contribution in [0.1, 0.15) is 6.92 Å². The lowest BCUT2D eigenvalue weighted by atomic mass is 10.2. The molecule has 0 saturated carbocycles. The average molecular weight is 306 g/mol. The average Bonchev–Trinajstić information content (AvgIpc) is 3.04. The van der Waals surface area contributed by atoms with Gasteiger partial charge in [0.1, 0.15) is 0 Å². The number of carbonyl (C=O) groups is 1. The van der Waals surface area contributed by atoms with Crippen molar-refractivity contribution in [2.24, 2.45) is 0 Å². The minimum Gasteiger partial charge on any atom is -0.399 e. The van der Waals surface area contributed by atoms with Gasteiger partial charge in [-0.25, -0.2) is 14.4 Å². The summed E-state index contributed by atoms with van der Waals surface area (Å²) in [6, 6.07) is 14.8. The molecule has 0 aliphatic heterocycles. The summed E-state index contributed by atoms with van der Waals surface area (Å²) in [5.41, 5.74) is 8.79.